The van der Waals surface area contributed by atoms with E-state index in [0.29, 0.717) is 46.9 Å². The number of fused-ring (bicyclic) bond motifs is 1. The Morgan fingerprint density at radius 3 is 2.50 bits per heavy atom. The third-order valence-corrected chi connectivity index (χ3v) is 7.90. The van der Waals surface area contributed by atoms with Crippen molar-refractivity contribution in [3.63, 3.8) is 0 Å². The topological polar surface area (TPSA) is 84.2 Å². The van der Waals surface area contributed by atoms with Crippen LogP contribution in [0.2, 0.25) is 5.02 Å². The van der Waals surface area contributed by atoms with Gasteiger partial charge in [0.15, 0.2) is 5.65 Å². The van der Waals surface area contributed by atoms with E-state index in [0.717, 1.165) is 28.8 Å². The van der Waals surface area contributed by atoms with Crippen molar-refractivity contribution < 1.29 is 4.79 Å². The molecule has 0 aliphatic heterocycles. The molecule has 4 rings (SSSR count). The first-order valence-corrected chi connectivity index (χ1v) is 15.2. The molecule has 4 aromatic rings. The van der Waals surface area contributed by atoms with Crippen LogP contribution in [0.5, 0.6) is 0 Å². The summed E-state index contributed by atoms with van der Waals surface area (Å²) in [6.45, 7) is 18.4. The highest BCUT2D eigenvalue weighted by Crippen LogP contribution is 2.36. The lowest BCUT2D eigenvalue weighted by molar-refractivity contribution is -0.126. The molecule has 1 atom stereocenters. The van der Waals surface area contributed by atoms with Crippen molar-refractivity contribution in [2.24, 2.45) is 0 Å². The predicted octanol–water partition coefficient (Wildman–Crippen LogP) is 6.53. The average molecular weight is 609 g/mol. The van der Waals surface area contributed by atoms with Gasteiger partial charge in [0, 0.05) is 30.9 Å². The first-order chi connectivity index (χ1) is 21.1. The van der Waals surface area contributed by atoms with Gasteiger partial charge in [-0.3, -0.25) is 9.78 Å². The number of rotatable bonds is 12. The number of pyridine rings is 2. The molecule has 0 spiro atoms. The molecule has 0 bridgehead atoms. The van der Waals surface area contributed by atoms with E-state index in [9.17, 15) is 9.59 Å². The SMILES string of the molecule is [B]N(c1nc(=O)n(-c2c(CC)ccnc2C(C)C)c2nc(-c3ccccc3C=C)c(Cl)cc12)[C@@H](C)CN(CCC)C(=O)C=C. The van der Waals surface area contributed by atoms with Crippen LogP contribution in [0.4, 0.5) is 5.82 Å². The number of hydrogen-bond donors (Lipinski definition) is 0. The Morgan fingerprint density at radius 1 is 1.14 bits per heavy atom. The largest absolute Gasteiger partial charge is 0.405 e. The van der Waals surface area contributed by atoms with E-state index in [2.05, 4.69) is 23.1 Å². The first-order valence-electron chi connectivity index (χ1n) is 14.9. The molecule has 226 valence electrons. The fourth-order valence-corrected chi connectivity index (χ4v) is 5.62. The summed E-state index contributed by atoms with van der Waals surface area (Å²) in [5.74, 6) is 0.0343. The van der Waals surface area contributed by atoms with Crippen molar-refractivity contribution in [2.45, 2.75) is 59.4 Å². The average Bonchev–Trinajstić information content (AvgIpc) is 3.02. The van der Waals surface area contributed by atoms with Crippen LogP contribution in [0.1, 0.15) is 63.8 Å². The van der Waals surface area contributed by atoms with Gasteiger partial charge in [-0.05, 0) is 55.0 Å². The molecule has 2 radical (unpaired) electrons. The third-order valence-electron chi connectivity index (χ3n) is 7.61. The molecule has 3 aromatic heterocycles. The van der Waals surface area contributed by atoms with Crippen molar-refractivity contribution in [1.82, 2.24) is 24.4 Å². The molecule has 0 aliphatic carbocycles. The molecule has 0 saturated heterocycles. The van der Waals surface area contributed by atoms with Crippen molar-refractivity contribution in [2.75, 3.05) is 17.9 Å². The van der Waals surface area contributed by atoms with Crippen molar-refractivity contribution >= 4 is 48.4 Å². The Morgan fingerprint density at radius 2 is 1.86 bits per heavy atom. The van der Waals surface area contributed by atoms with Crippen LogP contribution in [-0.2, 0) is 11.2 Å². The van der Waals surface area contributed by atoms with Crippen LogP contribution in [-0.4, -0.2) is 57.4 Å². The minimum Gasteiger partial charge on any atom is -0.405 e. The molecule has 1 aromatic carbocycles. The number of aryl methyl sites for hydroxylation is 1. The van der Waals surface area contributed by atoms with Gasteiger partial charge in [-0.2, -0.15) is 4.98 Å². The number of aromatic nitrogens is 4. The molecule has 1 amide bonds. The number of nitrogens with zero attached hydrogens (tertiary/aromatic N) is 6. The van der Waals surface area contributed by atoms with E-state index in [1.165, 1.54) is 15.5 Å². The Kier molecular flexibility index (Phi) is 10.4. The minimum atomic E-state index is -0.551. The zero-order valence-electron chi connectivity index (χ0n) is 26.0. The highest BCUT2D eigenvalue weighted by atomic mass is 35.5. The quantitative estimate of drug-likeness (QED) is 0.134. The van der Waals surface area contributed by atoms with Crippen LogP contribution in [0.25, 0.3) is 34.1 Å². The predicted molar refractivity (Wildman–Crippen MR) is 182 cm³/mol. The number of benzene rings is 1. The second kappa shape index (κ2) is 14.0. The summed E-state index contributed by atoms with van der Waals surface area (Å²) in [7, 11) is 6.69. The van der Waals surface area contributed by atoms with Gasteiger partial charge in [0.05, 0.1) is 27.5 Å². The lowest BCUT2D eigenvalue weighted by atomic mass is 10.0. The van der Waals surface area contributed by atoms with Gasteiger partial charge >= 0.3 is 5.69 Å². The van der Waals surface area contributed by atoms with Gasteiger partial charge in [-0.15, -0.1) is 0 Å². The van der Waals surface area contributed by atoms with Gasteiger partial charge in [0.2, 0.25) is 13.9 Å². The Bertz CT molecular complexity index is 1770. The maximum atomic E-state index is 14.1. The molecule has 0 saturated carbocycles. The highest BCUT2D eigenvalue weighted by Gasteiger charge is 2.26. The number of halogens is 1. The minimum absolute atomic E-state index is 0.0179. The summed E-state index contributed by atoms with van der Waals surface area (Å²) in [5, 5.41) is 0.850. The summed E-state index contributed by atoms with van der Waals surface area (Å²) in [6, 6.07) is 10.9. The summed E-state index contributed by atoms with van der Waals surface area (Å²) in [4.78, 5) is 44.0. The van der Waals surface area contributed by atoms with E-state index < -0.39 is 11.7 Å². The van der Waals surface area contributed by atoms with Crippen LogP contribution < -0.4 is 10.5 Å². The van der Waals surface area contributed by atoms with Gasteiger partial charge < -0.3 is 9.71 Å². The van der Waals surface area contributed by atoms with Crippen molar-refractivity contribution in [3.8, 4) is 16.9 Å². The molecular formula is C34H38BClN6O2. The third kappa shape index (κ3) is 6.33. The molecule has 0 fully saturated rings. The van der Waals surface area contributed by atoms with Gasteiger partial charge in [0.1, 0.15) is 5.82 Å². The second-order valence-electron chi connectivity index (χ2n) is 11.0. The van der Waals surface area contributed by atoms with E-state index in [4.69, 9.17) is 24.6 Å². The second-order valence-corrected chi connectivity index (χ2v) is 11.4. The Labute approximate surface area is 265 Å². The van der Waals surface area contributed by atoms with Crippen LogP contribution >= 0.6 is 11.6 Å². The lowest BCUT2D eigenvalue weighted by Gasteiger charge is -2.32. The molecule has 44 heavy (non-hydrogen) atoms. The van der Waals surface area contributed by atoms with E-state index in [1.807, 2.05) is 65.0 Å². The monoisotopic (exact) mass is 608 g/mol. The van der Waals surface area contributed by atoms with Crippen molar-refractivity contribution in [1.29, 1.82) is 0 Å². The van der Waals surface area contributed by atoms with Gasteiger partial charge in [0.25, 0.3) is 0 Å². The van der Waals surface area contributed by atoms with E-state index in [-0.39, 0.29) is 17.6 Å². The molecule has 0 N–H and O–H groups in total. The molecule has 10 heteroatoms. The van der Waals surface area contributed by atoms with Gasteiger partial charge in [-0.1, -0.05) is 82.8 Å². The summed E-state index contributed by atoms with van der Waals surface area (Å²) in [5.41, 5.74) is 4.25. The maximum Gasteiger partial charge on any atom is 0.355 e. The number of amides is 1. The zero-order valence-corrected chi connectivity index (χ0v) is 26.8. The van der Waals surface area contributed by atoms with E-state index >= 15 is 0 Å². The smallest absolute Gasteiger partial charge is 0.355 e. The van der Waals surface area contributed by atoms with E-state index in [1.54, 1.807) is 23.2 Å². The zero-order chi connectivity index (χ0) is 32.1. The first kappa shape index (κ1) is 32.7. The fraction of sp³-hybridized carbons (Fsp3) is 0.324. The van der Waals surface area contributed by atoms with Gasteiger partial charge in [-0.25, -0.2) is 14.3 Å². The number of carbonyl (C=O) groups is 1. The molecular weight excluding hydrogens is 571 g/mol. The summed E-state index contributed by atoms with van der Waals surface area (Å²) < 4.78 is 1.53. The summed E-state index contributed by atoms with van der Waals surface area (Å²) >= 11 is 6.94. The standard InChI is InChI=1S/C34H38BClN6O2/c1-8-18-40(28(43)11-4)20-22(7)42(35)33-26-19-27(36)30(25-15-13-12-14-23(25)9-2)38-32(26)41(34(44)39-33)31-24(10-3)16-17-37-29(31)21(5)6/h9,11-17,19,21-22H,2,4,8,10,18,20H2,1,3,5-7H3/t22-/m0/s1. The number of hydrogen-bond acceptors (Lipinski definition) is 6. The van der Waals surface area contributed by atoms with Crippen LogP contribution in [0.15, 0.2) is 66.6 Å². The van der Waals surface area contributed by atoms with Crippen molar-refractivity contribution in [3.05, 3.63) is 94.2 Å². The molecule has 0 aliphatic rings. The number of anilines is 1. The highest BCUT2D eigenvalue weighted by molar-refractivity contribution is 6.34. The van der Waals surface area contributed by atoms with Crippen LogP contribution in [0.3, 0.4) is 0 Å². The normalized spacial score (nSPS) is 11.9. The summed E-state index contributed by atoms with van der Waals surface area (Å²) in [6.07, 6.45) is 6.23. The number of carbonyl (C=O) groups excluding carboxylic acids is 1. The maximum absolute atomic E-state index is 14.1. The molecule has 0 unspecified atom stereocenters. The Balaban J connectivity index is 2.06. The molecule has 8 nitrogen and oxygen atoms in total. The fourth-order valence-electron chi connectivity index (χ4n) is 5.37. The lowest BCUT2D eigenvalue weighted by Crippen LogP contribution is -2.44. The van der Waals surface area contributed by atoms with Crippen LogP contribution in [0, 0.1) is 0 Å². The Hall–Kier alpha value is -4.24. The molecule has 3 heterocycles.